The van der Waals surface area contributed by atoms with Crippen LogP contribution >= 0.6 is 0 Å². The number of aromatic carboxylic acids is 1. The van der Waals surface area contributed by atoms with E-state index in [1.54, 1.807) is 0 Å². The normalized spacial score (nSPS) is 12.9. The average molecular weight is 301 g/mol. The van der Waals surface area contributed by atoms with Crippen LogP contribution < -0.4 is 9.46 Å². The van der Waals surface area contributed by atoms with Gasteiger partial charge in [0.15, 0.2) is 0 Å². The Kier molecular flexibility index (Phi) is 5.52. The lowest BCUT2D eigenvalue weighted by atomic mass is 10.1. The quantitative estimate of drug-likeness (QED) is 0.800. The minimum Gasteiger partial charge on any atom is -0.496 e. The summed E-state index contributed by atoms with van der Waals surface area (Å²) in [5, 5.41) is 9.05. The monoisotopic (exact) mass is 301 g/mol. The predicted octanol–water partition coefficient (Wildman–Crippen LogP) is 1.72. The molecule has 0 bridgehead atoms. The number of rotatable bonds is 7. The summed E-state index contributed by atoms with van der Waals surface area (Å²) in [6.45, 7) is 4.21. The van der Waals surface area contributed by atoms with Gasteiger partial charge in [-0.25, -0.2) is 17.9 Å². The molecule has 112 valence electrons. The minimum absolute atomic E-state index is 0.0843. The molecule has 7 heteroatoms. The maximum Gasteiger partial charge on any atom is 0.339 e. The SMILES string of the molecule is CCC(C)CNS(=O)(=O)c1ccc(OC)c(C(=O)O)c1. The van der Waals surface area contributed by atoms with E-state index in [1.165, 1.54) is 19.2 Å². The molecule has 0 aliphatic rings. The van der Waals surface area contributed by atoms with Gasteiger partial charge < -0.3 is 9.84 Å². The fourth-order valence-corrected chi connectivity index (χ4v) is 2.69. The number of carbonyl (C=O) groups is 1. The third kappa shape index (κ3) is 3.94. The molecule has 1 aromatic carbocycles. The fraction of sp³-hybridized carbons (Fsp3) is 0.462. The maximum atomic E-state index is 12.1. The van der Waals surface area contributed by atoms with Crippen LogP contribution in [0.25, 0.3) is 0 Å². The van der Waals surface area contributed by atoms with Crippen LogP contribution in [0.5, 0.6) is 5.75 Å². The van der Waals surface area contributed by atoms with Crippen molar-refractivity contribution in [2.75, 3.05) is 13.7 Å². The lowest BCUT2D eigenvalue weighted by Crippen LogP contribution is -2.28. The average Bonchev–Trinajstić information content (AvgIpc) is 2.43. The van der Waals surface area contributed by atoms with Crippen LogP contribution in [0, 0.1) is 5.92 Å². The fourth-order valence-electron chi connectivity index (χ4n) is 1.50. The molecule has 20 heavy (non-hydrogen) atoms. The third-order valence-electron chi connectivity index (χ3n) is 3.03. The lowest BCUT2D eigenvalue weighted by molar-refractivity contribution is 0.0693. The van der Waals surface area contributed by atoms with Crippen LogP contribution in [0.1, 0.15) is 30.6 Å². The Morgan fingerprint density at radius 2 is 2.10 bits per heavy atom. The Morgan fingerprint density at radius 3 is 2.60 bits per heavy atom. The lowest BCUT2D eigenvalue weighted by Gasteiger charge is -2.12. The molecule has 2 N–H and O–H groups in total. The summed E-state index contributed by atoms with van der Waals surface area (Å²) in [4.78, 5) is 11.0. The van der Waals surface area contributed by atoms with Gasteiger partial charge in [-0.3, -0.25) is 0 Å². The van der Waals surface area contributed by atoms with Crippen molar-refractivity contribution in [3.05, 3.63) is 23.8 Å². The summed E-state index contributed by atoms with van der Waals surface area (Å²) in [6, 6.07) is 3.76. The topological polar surface area (TPSA) is 92.7 Å². The molecule has 0 aromatic heterocycles. The van der Waals surface area contributed by atoms with Gasteiger partial charge in [0.25, 0.3) is 0 Å². The summed E-state index contributed by atoms with van der Waals surface area (Å²) in [5.74, 6) is -0.902. The number of sulfonamides is 1. The first-order valence-electron chi connectivity index (χ1n) is 6.22. The highest BCUT2D eigenvalue weighted by Gasteiger charge is 2.19. The van der Waals surface area contributed by atoms with Crippen LogP contribution in [0.2, 0.25) is 0 Å². The molecule has 0 fully saturated rings. The van der Waals surface area contributed by atoms with Gasteiger partial charge >= 0.3 is 5.97 Å². The van der Waals surface area contributed by atoms with E-state index in [4.69, 9.17) is 9.84 Å². The zero-order chi connectivity index (χ0) is 15.3. The first-order valence-corrected chi connectivity index (χ1v) is 7.71. The third-order valence-corrected chi connectivity index (χ3v) is 4.45. The number of nitrogens with one attached hydrogen (secondary N) is 1. The molecule has 0 radical (unpaired) electrons. The van der Waals surface area contributed by atoms with Crippen LogP contribution in [0.4, 0.5) is 0 Å². The van der Waals surface area contributed by atoms with E-state index < -0.39 is 16.0 Å². The van der Waals surface area contributed by atoms with Gasteiger partial charge in [-0.1, -0.05) is 20.3 Å². The van der Waals surface area contributed by atoms with Gasteiger partial charge in [-0.2, -0.15) is 0 Å². The smallest absolute Gasteiger partial charge is 0.339 e. The number of methoxy groups -OCH3 is 1. The highest BCUT2D eigenvalue weighted by Crippen LogP contribution is 2.22. The Labute approximate surface area is 118 Å². The summed E-state index contributed by atoms with van der Waals surface area (Å²) >= 11 is 0. The number of carboxylic acids is 1. The first kappa shape index (κ1) is 16.5. The zero-order valence-corrected chi connectivity index (χ0v) is 12.5. The highest BCUT2D eigenvalue weighted by molar-refractivity contribution is 7.89. The van der Waals surface area contributed by atoms with Gasteiger partial charge in [0.1, 0.15) is 11.3 Å². The molecule has 1 rings (SSSR count). The van der Waals surface area contributed by atoms with Crippen molar-refractivity contribution < 1.29 is 23.1 Å². The number of carboxylic acid groups (broad SMARTS) is 1. The standard InChI is InChI=1S/C13H19NO5S/c1-4-9(2)8-14-20(17,18)10-5-6-12(19-3)11(7-10)13(15)16/h5-7,9,14H,4,8H2,1-3H3,(H,15,16). The van der Waals surface area contributed by atoms with E-state index in [2.05, 4.69) is 4.72 Å². The summed E-state index contributed by atoms with van der Waals surface area (Å²) in [6.07, 6.45) is 0.853. The second-order valence-electron chi connectivity index (χ2n) is 4.53. The van der Waals surface area contributed by atoms with E-state index in [0.717, 1.165) is 12.5 Å². The molecule has 1 unspecified atom stereocenters. The van der Waals surface area contributed by atoms with Crippen LogP contribution in [0.15, 0.2) is 23.1 Å². The molecule has 0 aliphatic carbocycles. The number of benzene rings is 1. The van der Waals surface area contributed by atoms with Gasteiger partial charge in [-0.15, -0.1) is 0 Å². The van der Waals surface area contributed by atoms with Crippen molar-refractivity contribution >= 4 is 16.0 Å². The van der Waals surface area contributed by atoms with Crippen LogP contribution in [-0.2, 0) is 10.0 Å². The van der Waals surface area contributed by atoms with E-state index >= 15 is 0 Å². The van der Waals surface area contributed by atoms with Crippen LogP contribution in [-0.4, -0.2) is 33.1 Å². The zero-order valence-electron chi connectivity index (χ0n) is 11.7. The Balaban J connectivity index is 3.07. The number of hydrogen-bond donors (Lipinski definition) is 2. The highest BCUT2D eigenvalue weighted by atomic mass is 32.2. The van der Waals surface area contributed by atoms with Crippen molar-refractivity contribution in [3.8, 4) is 5.75 Å². The Bertz CT molecular complexity index is 582. The van der Waals surface area contributed by atoms with E-state index in [1.807, 2.05) is 13.8 Å². The molecule has 0 aliphatic heterocycles. The number of ether oxygens (including phenoxy) is 1. The van der Waals surface area contributed by atoms with Crippen LogP contribution in [0.3, 0.4) is 0 Å². The second-order valence-corrected chi connectivity index (χ2v) is 6.30. The Morgan fingerprint density at radius 1 is 1.45 bits per heavy atom. The molecular formula is C13H19NO5S. The molecule has 1 atom stereocenters. The largest absolute Gasteiger partial charge is 0.496 e. The molecule has 0 saturated carbocycles. The predicted molar refractivity (Wildman–Crippen MR) is 74.6 cm³/mol. The molecule has 6 nitrogen and oxygen atoms in total. The van der Waals surface area contributed by atoms with E-state index in [9.17, 15) is 13.2 Å². The molecule has 0 saturated heterocycles. The molecule has 0 amide bonds. The van der Waals surface area contributed by atoms with Crippen molar-refractivity contribution in [1.82, 2.24) is 4.72 Å². The molecule has 1 aromatic rings. The van der Waals surface area contributed by atoms with E-state index in [-0.39, 0.29) is 22.1 Å². The molecule has 0 heterocycles. The minimum atomic E-state index is -3.72. The van der Waals surface area contributed by atoms with Crippen molar-refractivity contribution in [3.63, 3.8) is 0 Å². The summed E-state index contributed by atoms with van der Waals surface area (Å²) in [7, 11) is -2.38. The summed E-state index contributed by atoms with van der Waals surface area (Å²) in [5.41, 5.74) is -0.182. The van der Waals surface area contributed by atoms with Crippen molar-refractivity contribution in [1.29, 1.82) is 0 Å². The van der Waals surface area contributed by atoms with Gasteiger partial charge in [-0.05, 0) is 24.1 Å². The van der Waals surface area contributed by atoms with Crippen molar-refractivity contribution in [2.45, 2.75) is 25.2 Å². The summed E-state index contributed by atoms with van der Waals surface area (Å²) < 4.78 is 31.5. The molecule has 0 spiro atoms. The number of hydrogen-bond acceptors (Lipinski definition) is 4. The van der Waals surface area contributed by atoms with Gasteiger partial charge in [0, 0.05) is 6.54 Å². The van der Waals surface area contributed by atoms with E-state index in [0.29, 0.717) is 6.54 Å². The maximum absolute atomic E-state index is 12.1. The second kappa shape index (κ2) is 6.71. The van der Waals surface area contributed by atoms with Crippen molar-refractivity contribution in [2.24, 2.45) is 5.92 Å². The Hall–Kier alpha value is -1.60. The van der Waals surface area contributed by atoms with Gasteiger partial charge in [0.05, 0.1) is 12.0 Å². The molecular weight excluding hydrogens is 282 g/mol. The van der Waals surface area contributed by atoms with Gasteiger partial charge in [0.2, 0.25) is 10.0 Å². The first-order chi connectivity index (χ1) is 9.31.